The molecule has 1 heterocycles. The summed E-state index contributed by atoms with van der Waals surface area (Å²) in [6, 6.07) is 20.3. The summed E-state index contributed by atoms with van der Waals surface area (Å²) in [6.45, 7) is 6.51. The Balaban J connectivity index is 2.06. The van der Waals surface area contributed by atoms with Crippen LogP contribution in [0.2, 0.25) is 0 Å². The van der Waals surface area contributed by atoms with E-state index >= 15 is 0 Å². The molecule has 0 atom stereocenters. The molecule has 0 N–H and O–H groups in total. The largest absolute Gasteiger partial charge is 0.253 e. The fourth-order valence-electron chi connectivity index (χ4n) is 2.19. The van der Waals surface area contributed by atoms with Gasteiger partial charge in [-0.1, -0.05) is 72.8 Å². The van der Waals surface area contributed by atoms with Crippen LogP contribution in [0.5, 0.6) is 0 Å². The predicted octanol–water partition coefficient (Wildman–Crippen LogP) is 4.58. The quantitative estimate of drug-likeness (QED) is 0.483. The summed E-state index contributed by atoms with van der Waals surface area (Å²) < 4.78 is 1.90. The Kier molecular flexibility index (Phi) is 5.18. The van der Waals surface area contributed by atoms with Crippen molar-refractivity contribution in [2.24, 2.45) is 10.1 Å². The second-order valence-electron chi connectivity index (χ2n) is 5.51. The van der Waals surface area contributed by atoms with Crippen molar-refractivity contribution in [3.63, 3.8) is 0 Å². The molecule has 0 spiro atoms. The first-order valence-corrected chi connectivity index (χ1v) is 8.62. The third kappa shape index (κ3) is 3.97. The monoisotopic (exact) mass is 333 g/mol. The van der Waals surface area contributed by atoms with Gasteiger partial charge in [-0.05, 0) is 12.5 Å². The number of nitrogens with zero attached hydrogens (tertiary/aromatic N) is 3. The smallest absolute Gasteiger partial charge is 0.206 e. The van der Waals surface area contributed by atoms with E-state index in [4.69, 9.17) is 0 Å². The van der Waals surface area contributed by atoms with Gasteiger partial charge < -0.3 is 0 Å². The van der Waals surface area contributed by atoms with Crippen LogP contribution < -0.4 is 4.80 Å². The van der Waals surface area contributed by atoms with Gasteiger partial charge in [0.25, 0.3) is 0 Å². The van der Waals surface area contributed by atoms with E-state index in [1.807, 2.05) is 66.3 Å². The minimum atomic E-state index is 0.607. The van der Waals surface area contributed by atoms with Gasteiger partial charge in [0.05, 0.1) is 18.5 Å². The van der Waals surface area contributed by atoms with Crippen molar-refractivity contribution in [1.82, 2.24) is 4.68 Å². The number of benzene rings is 2. The molecule has 3 rings (SSSR count). The van der Waals surface area contributed by atoms with Gasteiger partial charge in [-0.2, -0.15) is 5.10 Å². The van der Waals surface area contributed by atoms with E-state index in [0.717, 1.165) is 27.2 Å². The Morgan fingerprint density at radius 1 is 1.08 bits per heavy atom. The lowest BCUT2D eigenvalue weighted by molar-refractivity contribution is 0.836. The van der Waals surface area contributed by atoms with Gasteiger partial charge in [-0.25, -0.2) is 4.68 Å². The average Bonchev–Trinajstić information content (AvgIpc) is 3.02. The van der Waals surface area contributed by atoms with Crippen LogP contribution in [0.3, 0.4) is 0 Å². The van der Waals surface area contributed by atoms with Gasteiger partial charge in [0.2, 0.25) is 4.80 Å². The van der Waals surface area contributed by atoms with Crippen LogP contribution in [-0.4, -0.2) is 17.4 Å². The zero-order chi connectivity index (χ0) is 16.8. The van der Waals surface area contributed by atoms with E-state index in [2.05, 4.69) is 34.2 Å². The summed E-state index contributed by atoms with van der Waals surface area (Å²) >= 11 is 1.59. The minimum Gasteiger partial charge on any atom is -0.253 e. The normalized spacial score (nSPS) is 12.0. The van der Waals surface area contributed by atoms with Crippen molar-refractivity contribution in [3.8, 4) is 11.3 Å². The van der Waals surface area contributed by atoms with Crippen molar-refractivity contribution in [2.45, 2.75) is 6.92 Å². The van der Waals surface area contributed by atoms with Gasteiger partial charge >= 0.3 is 0 Å². The number of hydrogen-bond donors (Lipinski definition) is 0. The molecule has 3 nitrogen and oxygen atoms in total. The van der Waals surface area contributed by atoms with Crippen LogP contribution in [0.15, 0.2) is 88.3 Å². The first kappa shape index (κ1) is 16.1. The molecule has 120 valence electrons. The fourth-order valence-corrected chi connectivity index (χ4v) is 3.03. The molecule has 4 heteroatoms. The highest BCUT2D eigenvalue weighted by molar-refractivity contribution is 7.07. The molecule has 0 saturated carbocycles. The lowest BCUT2D eigenvalue weighted by atomic mass is 10.2. The highest BCUT2D eigenvalue weighted by Gasteiger charge is 2.06. The zero-order valence-corrected chi connectivity index (χ0v) is 14.4. The second-order valence-corrected chi connectivity index (χ2v) is 6.35. The maximum Gasteiger partial charge on any atom is 0.206 e. The topological polar surface area (TPSA) is 29.6 Å². The molecule has 0 unspecified atom stereocenters. The van der Waals surface area contributed by atoms with Crippen molar-refractivity contribution in [3.05, 3.63) is 88.6 Å². The van der Waals surface area contributed by atoms with Crippen molar-refractivity contribution in [1.29, 1.82) is 0 Å². The molecule has 24 heavy (non-hydrogen) atoms. The Bertz CT molecular complexity index is 903. The van der Waals surface area contributed by atoms with E-state index < -0.39 is 0 Å². The average molecular weight is 333 g/mol. The maximum atomic E-state index is 4.67. The molecular weight excluding hydrogens is 314 g/mol. The predicted molar refractivity (Wildman–Crippen MR) is 102 cm³/mol. The van der Waals surface area contributed by atoms with Gasteiger partial charge in [0.15, 0.2) is 0 Å². The van der Waals surface area contributed by atoms with Crippen LogP contribution in [0.25, 0.3) is 11.3 Å². The second kappa shape index (κ2) is 7.70. The molecule has 0 radical (unpaired) electrons. The third-order valence-electron chi connectivity index (χ3n) is 3.36. The molecule has 0 saturated heterocycles. The summed E-state index contributed by atoms with van der Waals surface area (Å²) in [6.07, 6.45) is 1.86. The lowest BCUT2D eigenvalue weighted by Crippen LogP contribution is -2.13. The Labute approximate surface area is 146 Å². The molecular formula is C20H19N3S. The Morgan fingerprint density at radius 2 is 1.75 bits per heavy atom. The highest BCUT2D eigenvalue weighted by atomic mass is 32.1. The molecule has 2 aromatic carbocycles. The van der Waals surface area contributed by atoms with Crippen molar-refractivity contribution < 1.29 is 0 Å². The molecule has 0 aliphatic rings. The fraction of sp³-hybridized carbons (Fsp3) is 0.100. The third-order valence-corrected chi connectivity index (χ3v) is 4.21. The number of thiazole rings is 1. The number of hydrogen-bond acceptors (Lipinski definition) is 3. The number of aromatic nitrogens is 1. The van der Waals surface area contributed by atoms with Gasteiger partial charge in [0.1, 0.15) is 0 Å². The minimum absolute atomic E-state index is 0.607. The Morgan fingerprint density at radius 3 is 2.42 bits per heavy atom. The highest BCUT2D eigenvalue weighted by Crippen LogP contribution is 2.19. The molecule has 0 aliphatic carbocycles. The van der Waals surface area contributed by atoms with Crippen LogP contribution in [0, 0.1) is 0 Å². The Hall–Kier alpha value is -2.72. The maximum absolute atomic E-state index is 4.67. The molecule has 3 aromatic rings. The van der Waals surface area contributed by atoms with Crippen LogP contribution in [0.1, 0.15) is 12.5 Å². The molecule has 1 aromatic heterocycles. The van der Waals surface area contributed by atoms with Crippen LogP contribution in [-0.2, 0) is 0 Å². The lowest BCUT2D eigenvalue weighted by Gasteiger charge is -2.03. The van der Waals surface area contributed by atoms with Gasteiger partial charge in [0, 0.05) is 10.9 Å². The van der Waals surface area contributed by atoms with Crippen molar-refractivity contribution >= 4 is 17.6 Å². The summed E-state index contributed by atoms with van der Waals surface area (Å²) in [5.41, 5.74) is 4.24. The summed E-state index contributed by atoms with van der Waals surface area (Å²) in [5, 5.41) is 6.76. The van der Waals surface area contributed by atoms with E-state index in [9.17, 15) is 0 Å². The molecule has 0 fully saturated rings. The summed E-state index contributed by atoms with van der Waals surface area (Å²) in [4.78, 5) is 5.50. The van der Waals surface area contributed by atoms with E-state index in [0.29, 0.717) is 6.54 Å². The number of rotatable bonds is 5. The van der Waals surface area contributed by atoms with E-state index in [1.165, 1.54) is 0 Å². The molecule has 0 aliphatic heterocycles. The SMILES string of the molecule is C=C(C)CN=c1scc(-c2ccccc2)n1N=Cc1ccccc1. The summed E-state index contributed by atoms with van der Waals surface area (Å²) in [5.74, 6) is 0. The van der Waals surface area contributed by atoms with Gasteiger partial charge in [-0.15, -0.1) is 11.3 Å². The van der Waals surface area contributed by atoms with Crippen LogP contribution in [0.4, 0.5) is 0 Å². The first-order chi connectivity index (χ1) is 11.7. The van der Waals surface area contributed by atoms with Crippen molar-refractivity contribution in [2.75, 3.05) is 6.54 Å². The van der Waals surface area contributed by atoms with Gasteiger partial charge in [-0.3, -0.25) is 4.99 Å². The first-order valence-electron chi connectivity index (χ1n) is 7.74. The van der Waals surface area contributed by atoms with Crippen LogP contribution >= 0.6 is 11.3 Å². The van der Waals surface area contributed by atoms with E-state index in [1.54, 1.807) is 11.3 Å². The standard InChI is InChI=1S/C20H19N3S/c1-16(2)13-21-20-23(22-14-17-9-5-3-6-10-17)19(15-24-20)18-11-7-4-8-12-18/h3-12,14-15H,1,13H2,2H3. The summed E-state index contributed by atoms with van der Waals surface area (Å²) in [7, 11) is 0. The zero-order valence-electron chi connectivity index (χ0n) is 13.6. The molecule has 0 bridgehead atoms. The van der Waals surface area contributed by atoms with E-state index in [-0.39, 0.29) is 0 Å². The molecule has 0 amide bonds.